The van der Waals surface area contributed by atoms with E-state index in [1.54, 1.807) is 0 Å². The van der Waals surface area contributed by atoms with Gasteiger partial charge in [-0.3, -0.25) is 9.98 Å². The number of para-hydroxylation sites is 1. The summed E-state index contributed by atoms with van der Waals surface area (Å²) in [6, 6.07) is 12.2. The molecule has 0 aliphatic carbocycles. The largest absolute Gasteiger partial charge is 0.288 e. The zero-order valence-corrected chi connectivity index (χ0v) is 9.07. The van der Waals surface area contributed by atoms with Crippen LogP contribution in [-0.4, -0.2) is 11.7 Å². The molecule has 0 radical (unpaired) electrons. The highest BCUT2D eigenvalue weighted by molar-refractivity contribution is 5.78. The average Bonchev–Trinajstić information content (AvgIpc) is 2.28. The highest BCUT2D eigenvalue weighted by atomic mass is 14.9. The van der Waals surface area contributed by atoms with E-state index in [0.717, 1.165) is 16.6 Å². The maximum absolute atomic E-state index is 4.58. The van der Waals surface area contributed by atoms with Crippen molar-refractivity contribution in [2.75, 3.05) is 0 Å². The van der Waals surface area contributed by atoms with Crippen molar-refractivity contribution in [3.05, 3.63) is 42.1 Å². The van der Waals surface area contributed by atoms with Crippen LogP contribution < -0.4 is 0 Å². The second-order valence-corrected chi connectivity index (χ2v) is 4.11. The Bertz CT molecular complexity index is 501. The molecule has 0 bridgehead atoms. The summed E-state index contributed by atoms with van der Waals surface area (Å²) in [6.45, 7) is 7.62. The molecule has 0 aliphatic rings. The Morgan fingerprint density at radius 2 is 1.87 bits per heavy atom. The summed E-state index contributed by atoms with van der Waals surface area (Å²) in [4.78, 5) is 8.67. The lowest BCUT2D eigenvalue weighted by Gasteiger charge is -2.18. The quantitative estimate of drug-likeness (QED) is 0.680. The van der Waals surface area contributed by atoms with Crippen LogP contribution in [0.3, 0.4) is 0 Å². The second-order valence-electron chi connectivity index (χ2n) is 4.11. The Morgan fingerprint density at radius 1 is 1.13 bits per heavy atom. The van der Waals surface area contributed by atoms with Gasteiger partial charge in [0.1, 0.15) is 0 Å². The lowest BCUT2D eigenvalue weighted by atomic mass is 10.0. The molecule has 0 fully saturated rings. The summed E-state index contributed by atoms with van der Waals surface area (Å²) in [5.74, 6) is 0. The van der Waals surface area contributed by atoms with Crippen molar-refractivity contribution in [2.45, 2.75) is 19.4 Å². The van der Waals surface area contributed by atoms with E-state index in [-0.39, 0.29) is 5.54 Å². The number of aromatic nitrogens is 1. The fourth-order valence-electron chi connectivity index (χ4n) is 1.49. The summed E-state index contributed by atoms with van der Waals surface area (Å²) in [6.07, 6.45) is 0. The molecule has 2 nitrogen and oxygen atoms in total. The normalized spacial score (nSPS) is 11.6. The van der Waals surface area contributed by atoms with Gasteiger partial charge in [-0.25, -0.2) is 0 Å². The first kappa shape index (κ1) is 9.84. The molecule has 0 aliphatic heterocycles. The van der Waals surface area contributed by atoms with Gasteiger partial charge in [0, 0.05) is 5.39 Å². The predicted octanol–water partition coefficient (Wildman–Crippen LogP) is 3.17. The Kier molecular flexibility index (Phi) is 2.27. The third-order valence-electron chi connectivity index (χ3n) is 2.62. The lowest BCUT2D eigenvalue weighted by Crippen LogP contribution is -2.15. The van der Waals surface area contributed by atoms with Crippen molar-refractivity contribution in [1.82, 2.24) is 4.98 Å². The monoisotopic (exact) mass is 198 g/mol. The van der Waals surface area contributed by atoms with Crippen LogP contribution in [0.2, 0.25) is 0 Å². The molecule has 76 valence electrons. The van der Waals surface area contributed by atoms with Crippen LogP contribution in [0, 0.1) is 0 Å². The first-order chi connectivity index (χ1) is 7.13. The fourth-order valence-corrected chi connectivity index (χ4v) is 1.49. The molecular weight excluding hydrogens is 184 g/mol. The van der Waals surface area contributed by atoms with Crippen LogP contribution in [0.5, 0.6) is 0 Å². The molecule has 15 heavy (non-hydrogen) atoms. The standard InChI is InChI=1S/C13H14N2/c1-13(2,14-3)12-9-8-10-6-4-5-7-11(10)15-12/h4-9H,3H2,1-2H3. The van der Waals surface area contributed by atoms with E-state index in [1.165, 1.54) is 0 Å². The van der Waals surface area contributed by atoms with Gasteiger partial charge in [-0.15, -0.1) is 0 Å². The second kappa shape index (κ2) is 3.46. The number of benzene rings is 1. The van der Waals surface area contributed by atoms with Crippen molar-refractivity contribution < 1.29 is 0 Å². The van der Waals surface area contributed by atoms with Crippen LogP contribution in [0.15, 0.2) is 41.4 Å². The summed E-state index contributed by atoms with van der Waals surface area (Å²) < 4.78 is 0. The van der Waals surface area contributed by atoms with Gasteiger partial charge in [0.15, 0.2) is 0 Å². The minimum Gasteiger partial charge on any atom is -0.288 e. The maximum Gasteiger partial charge on any atom is 0.0962 e. The molecule has 0 saturated carbocycles. The number of aliphatic imine (C=N–C) groups is 1. The summed E-state index contributed by atoms with van der Waals surface area (Å²) in [7, 11) is 0. The highest BCUT2D eigenvalue weighted by Crippen LogP contribution is 2.24. The van der Waals surface area contributed by atoms with E-state index in [2.05, 4.69) is 28.8 Å². The van der Waals surface area contributed by atoms with E-state index in [1.807, 2.05) is 38.1 Å². The van der Waals surface area contributed by atoms with Crippen LogP contribution in [-0.2, 0) is 5.54 Å². The van der Waals surface area contributed by atoms with Gasteiger partial charge in [-0.2, -0.15) is 0 Å². The van der Waals surface area contributed by atoms with Crippen LogP contribution in [0.4, 0.5) is 0 Å². The highest BCUT2D eigenvalue weighted by Gasteiger charge is 2.19. The zero-order valence-electron chi connectivity index (χ0n) is 9.07. The Balaban J connectivity index is 2.61. The molecule has 1 aromatic heterocycles. The summed E-state index contributed by atoms with van der Waals surface area (Å²) in [5, 5.41) is 1.15. The molecule has 0 N–H and O–H groups in total. The summed E-state index contributed by atoms with van der Waals surface area (Å²) in [5.41, 5.74) is 1.65. The third kappa shape index (κ3) is 1.75. The maximum atomic E-state index is 4.58. The van der Waals surface area contributed by atoms with Gasteiger partial charge in [0.05, 0.1) is 16.7 Å². The minimum absolute atomic E-state index is 0.315. The number of nitrogens with zero attached hydrogens (tertiary/aromatic N) is 2. The third-order valence-corrected chi connectivity index (χ3v) is 2.62. The van der Waals surface area contributed by atoms with Crippen molar-refractivity contribution in [2.24, 2.45) is 4.99 Å². The Labute approximate surface area is 89.7 Å². The van der Waals surface area contributed by atoms with E-state index in [9.17, 15) is 0 Å². The van der Waals surface area contributed by atoms with E-state index in [0.29, 0.717) is 0 Å². The lowest BCUT2D eigenvalue weighted by molar-refractivity contribution is 0.546. The van der Waals surface area contributed by atoms with Gasteiger partial charge >= 0.3 is 0 Å². The molecule has 0 amide bonds. The van der Waals surface area contributed by atoms with Gasteiger partial charge in [0.25, 0.3) is 0 Å². The van der Waals surface area contributed by atoms with E-state index < -0.39 is 0 Å². The average molecular weight is 198 g/mol. The first-order valence-electron chi connectivity index (χ1n) is 4.98. The molecule has 2 rings (SSSR count). The molecule has 2 aromatic rings. The topological polar surface area (TPSA) is 25.2 Å². The minimum atomic E-state index is -0.315. The fraction of sp³-hybridized carbons (Fsp3) is 0.231. The predicted molar refractivity (Wildman–Crippen MR) is 64.3 cm³/mol. The first-order valence-corrected chi connectivity index (χ1v) is 4.98. The van der Waals surface area contributed by atoms with Gasteiger partial charge in [-0.05, 0) is 32.7 Å². The molecule has 0 atom stereocenters. The number of pyridine rings is 1. The van der Waals surface area contributed by atoms with Gasteiger partial charge < -0.3 is 0 Å². The van der Waals surface area contributed by atoms with Crippen LogP contribution in [0.25, 0.3) is 10.9 Å². The SMILES string of the molecule is C=NC(C)(C)c1ccc2ccccc2n1. The molecule has 0 spiro atoms. The zero-order chi connectivity index (χ0) is 10.9. The van der Waals surface area contributed by atoms with Crippen molar-refractivity contribution in [1.29, 1.82) is 0 Å². The van der Waals surface area contributed by atoms with Crippen molar-refractivity contribution in [3.8, 4) is 0 Å². The molecule has 2 heteroatoms. The molecule has 0 unspecified atom stereocenters. The number of rotatable bonds is 2. The summed E-state index contributed by atoms with van der Waals surface area (Å²) >= 11 is 0. The van der Waals surface area contributed by atoms with E-state index >= 15 is 0 Å². The van der Waals surface area contributed by atoms with Gasteiger partial charge in [-0.1, -0.05) is 24.3 Å². The van der Waals surface area contributed by atoms with E-state index in [4.69, 9.17) is 0 Å². The molecule has 1 aromatic carbocycles. The van der Waals surface area contributed by atoms with Gasteiger partial charge in [0.2, 0.25) is 0 Å². The Hall–Kier alpha value is -1.70. The molecule has 0 saturated heterocycles. The van der Waals surface area contributed by atoms with Crippen molar-refractivity contribution in [3.63, 3.8) is 0 Å². The molecule has 1 heterocycles. The van der Waals surface area contributed by atoms with Crippen LogP contribution >= 0.6 is 0 Å². The number of hydrogen-bond donors (Lipinski definition) is 0. The number of fused-ring (bicyclic) bond motifs is 1. The number of hydrogen-bond acceptors (Lipinski definition) is 2. The van der Waals surface area contributed by atoms with Crippen molar-refractivity contribution >= 4 is 17.6 Å². The van der Waals surface area contributed by atoms with Crippen LogP contribution in [0.1, 0.15) is 19.5 Å². The smallest absolute Gasteiger partial charge is 0.0962 e. The Morgan fingerprint density at radius 3 is 2.60 bits per heavy atom. The molecular formula is C13H14N2.